The van der Waals surface area contributed by atoms with Crippen LogP contribution in [0.1, 0.15) is 31.7 Å². The van der Waals surface area contributed by atoms with Crippen LogP contribution in [0.15, 0.2) is 24.3 Å². The largest absolute Gasteiger partial charge is 0.494 e. The van der Waals surface area contributed by atoms with E-state index < -0.39 is 11.9 Å². The zero-order valence-electron chi connectivity index (χ0n) is 10.9. The first-order valence-corrected chi connectivity index (χ1v) is 6.24. The minimum atomic E-state index is -0.835. The average Bonchev–Trinajstić information content (AvgIpc) is 2.36. The number of rotatable bonds is 7. The first-order valence-electron chi connectivity index (χ1n) is 6.24. The van der Waals surface area contributed by atoms with Crippen LogP contribution in [0.2, 0.25) is 0 Å². The van der Waals surface area contributed by atoms with E-state index in [1.165, 1.54) is 0 Å². The Morgan fingerprint density at radius 1 is 1.44 bits per heavy atom. The summed E-state index contributed by atoms with van der Waals surface area (Å²) >= 11 is 0. The number of para-hydroxylation sites is 1. The van der Waals surface area contributed by atoms with Gasteiger partial charge in [-0.3, -0.25) is 4.79 Å². The number of carbonyl (C=O) groups is 1. The van der Waals surface area contributed by atoms with E-state index in [0.717, 1.165) is 11.3 Å². The predicted octanol–water partition coefficient (Wildman–Crippen LogP) is 2.24. The fourth-order valence-corrected chi connectivity index (χ4v) is 2.03. The van der Waals surface area contributed by atoms with Crippen LogP contribution in [0.4, 0.5) is 0 Å². The first-order chi connectivity index (χ1) is 8.60. The molecule has 0 saturated heterocycles. The molecule has 4 heteroatoms. The quantitative estimate of drug-likeness (QED) is 0.779. The number of nitrogens with two attached hydrogens (primary N) is 1. The normalized spacial score (nSPS) is 13.9. The van der Waals surface area contributed by atoms with E-state index in [1.54, 1.807) is 0 Å². The number of hydrogen-bond donors (Lipinski definition) is 2. The van der Waals surface area contributed by atoms with Gasteiger partial charge in [0.25, 0.3) is 0 Å². The Morgan fingerprint density at radius 3 is 2.67 bits per heavy atom. The van der Waals surface area contributed by atoms with Crippen molar-refractivity contribution >= 4 is 5.97 Å². The lowest BCUT2D eigenvalue weighted by atomic mass is 9.89. The summed E-state index contributed by atoms with van der Waals surface area (Å²) in [6.07, 6.45) is 0.524. The molecule has 0 aliphatic rings. The maximum Gasteiger partial charge on any atom is 0.307 e. The third kappa shape index (κ3) is 3.74. The molecule has 1 aromatic carbocycles. The van der Waals surface area contributed by atoms with Gasteiger partial charge >= 0.3 is 5.97 Å². The summed E-state index contributed by atoms with van der Waals surface area (Å²) in [5.74, 6) is -0.404. The van der Waals surface area contributed by atoms with Crippen LogP contribution in [-0.4, -0.2) is 24.2 Å². The summed E-state index contributed by atoms with van der Waals surface area (Å²) in [6, 6.07) is 7.74. The smallest absolute Gasteiger partial charge is 0.307 e. The Balaban J connectivity index is 2.82. The maximum atomic E-state index is 11.0. The SMILES string of the molecule is CCOc1ccccc1C(C)CC(CN)C(=O)O. The Labute approximate surface area is 108 Å². The van der Waals surface area contributed by atoms with Crippen molar-refractivity contribution in [3.05, 3.63) is 29.8 Å². The predicted molar refractivity (Wildman–Crippen MR) is 70.8 cm³/mol. The molecule has 1 rings (SSSR count). The number of ether oxygens (including phenoxy) is 1. The zero-order valence-corrected chi connectivity index (χ0v) is 10.9. The van der Waals surface area contributed by atoms with Crippen molar-refractivity contribution in [2.75, 3.05) is 13.2 Å². The standard InChI is InChI=1S/C14H21NO3/c1-3-18-13-7-5-4-6-12(13)10(2)8-11(9-15)14(16)17/h4-7,10-11H,3,8-9,15H2,1-2H3,(H,16,17). The molecule has 2 unspecified atom stereocenters. The molecule has 100 valence electrons. The fraction of sp³-hybridized carbons (Fsp3) is 0.500. The summed E-state index contributed by atoms with van der Waals surface area (Å²) in [4.78, 5) is 11.0. The molecule has 0 aliphatic heterocycles. The minimum Gasteiger partial charge on any atom is -0.494 e. The lowest BCUT2D eigenvalue weighted by Gasteiger charge is -2.19. The van der Waals surface area contributed by atoms with Gasteiger partial charge in [-0.1, -0.05) is 25.1 Å². The number of aliphatic carboxylic acids is 1. The van der Waals surface area contributed by atoms with Crippen molar-refractivity contribution in [1.29, 1.82) is 0 Å². The van der Waals surface area contributed by atoms with Crippen molar-refractivity contribution in [2.45, 2.75) is 26.2 Å². The minimum absolute atomic E-state index is 0.109. The monoisotopic (exact) mass is 251 g/mol. The average molecular weight is 251 g/mol. The summed E-state index contributed by atoms with van der Waals surface area (Å²) < 4.78 is 5.56. The molecule has 0 spiro atoms. The van der Waals surface area contributed by atoms with Gasteiger partial charge in [0.1, 0.15) is 5.75 Å². The Hall–Kier alpha value is -1.55. The molecule has 18 heavy (non-hydrogen) atoms. The molecule has 2 atom stereocenters. The summed E-state index contributed by atoms with van der Waals surface area (Å²) in [7, 11) is 0. The fourth-order valence-electron chi connectivity index (χ4n) is 2.03. The van der Waals surface area contributed by atoms with Gasteiger partial charge in [-0.15, -0.1) is 0 Å². The molecular weight excluding hydrogens is 230 g/mol. The van der Waals surface area contributed by atoms with Crippen LogP contribution in [0.5, 0.6) is 5.75 Å². The van der Waals surface area contributed by atoms with Crippen molar-refractivity contribution in [1.82, 2.24) is 0 Å². The lowest BCUT2D eigenvalue weighted by molar-refractivity contribution is -0.141. The Kier molecular flexibility index (Phi) is 5.65. The van der Waals surface area contributed by atoms with Crippen LogP contribution in [0.3, 0.4) is 0 Å². The zero-order chi connectivity index (χ0) is 13.5. The Bertz CT molecular complexity index is 392. The van der Waals surface area contributed by atoms with Gasteiger partial charge < -0.3 is 15.6 Å². The highest BCUT2D eigenvalue weighted by atomic mass is 16.5. The van der Waals surface area contributed by atoms with Gasteiger partial charge in [0.05, 0.1) is 12.5 Å². The van der Waals surface area contributed by atoms with Gasteiger partial charge in [-0.05, 0) is 30.9 Å². The summed E-state index contributed by atoms with van der Waals surface area (Å²) in [5.41, 5.74) is 6.53. The van der Waals surface area contributed by atoms with Crippen LogP contribution in [-0.2, 0) is 4.79 Å². The van der Waals surface area contributed by atoms with E-state index in [1.807, 2.05) is 38.1 Å². The van der Waals surface area contributed by atoms with Gasteiger partial charge in [-0.25, -0.2) is 0 Å². The second kappa shape index (κ2) is 7.01. The number of carboxylic acids is 1. The third-order valence-electron chi connectivity index (χ3n) is 3.02. The molecule has 4 nitrogen and oxygen atoms in total. The van der Waals surface area contributed by atoms with Crippen molar-refractivity contribution < 1.29 is 14.6 Å². The molecule has 0 saturated carbocycles. The molecule has 0 bridgehead atoms. The van der Waals surface area contributed by atoms with Gasteiger partial charge in [0.2, 0.25) is 0 Å². The lowest BCUT2D eigenvalue weighted by Crippen LogP contribution is -2.24. The van der Waals surface area contributed by atoms with E-state index in [4.69, 9.17) is 15.6 Å². The van der Waals surface area contributed by atoms with Gasteiger partial charge in [0, 0.05) is 6.54 Å². The molecule has 0 aromatic heterocycles. The van der Waals surface area contributed by atoms with E-state index >= 15 is 0 Å². The summed E-state index contributed by atoms with van der Waals surface area (Å²) in [5, 5.41) is 9.03. The Morgan fingerprint density at radius 2 is 2.11 bits per heavy atom. The second-order valence-corrected chi connectivity index (χ2v) is 4.38. The van der Waals surface area contributed by atoms with Gasteiger partial charge in [0.15, 0.2) is 0 Å². The third-order valence-corrected chi connectivity index (χ3v) is 3.02. The second-order valence-electron chi connectivity index (χ2n) is 4.38. The van der Waals surface area contributed by atoms with Gasteiger partial charge in [-0.2, -0.15) is 0 Å². The molecule has 0 fully saturated rings. The topological polar surface area (TPSA) is 72.5 Å². The highest BCUT2D eigenvalue weighted by molar-refractivity contribution is 5.70. The molecule has 0 heterocycles. The van der Waals surface area contributed by atoms with Crippen molar-refractivity contribution in [3.8, 4) is 5.75 Å². The molecule has 0 amide bonds. The highest BCUT2D eigenvalue weighted by Gasteiger charge is 2.21. The number of carboxylic acid groups (broad SMARTS) is 1. The van der Waals surface area contributed by atoms with E-state index in [0.29, 0.717) is 13.0 Å². The van der Waals surface area contributed by atoms with E-state index in [9.17, 15) is 4.79 Å². The molecule has 1 aromatic rings. The molecule has 0 radical (unpaired) electrons. The molecular formula is C14H21NO3. The highest BCUT2D eigenvalue weighted by Crippen LogP contribution is 2.30. The van der Waals surface area contributed by atoms with E-state index in [2.05, 4.69) is 0 Å². The molecule has 0 aliphatic carbocycles. The summed E-state index contributed by atoms with van der Waals surface area (Å²) in [6.45, 7) is 4.70. The number of hydrogen-bond acceptors (Lipinski definition) is 3. The molecule has 3 N–H and O–H groups in total. The van der Waals surface area contributed by atoms with E-state index in [-0.39, 0.29) is 12.5 Å². The first kappa shape index (κ1) is 14.5. The number of benzene rings is 1. The maximum absolute atomic E-state index is 11.0. The van der Waals surface area contributed by atoms with Crippen LogP contribution in [0.25, 0.3) is 0 Å². The van der Waals surface area contributed by atoms with Crippen molar-refractivity contribution in [3.63, 3.8) is 0 Å². The van der Waals surface area contributed by atoms with Crippen molar-refractivity contribution in [2.24, 2.45) is 11.7 Å². The van der Waals surface area contributed by atoms with Crippen LogP contribution >= 0.6 is 0 Å². The van der Waals surface area contributed by atoms with Crippen LogP contribution < -0.4 is 10.5 Å². The van der Waals surface area contributed by atoms with Crippen LogP contribution in [0, 0.1) is 5.92 Å².